The summed E-state index contributed by atoms with van der Waals surface area (Å²) in [6.07, 6.45) is 0. The topological polar surface area (TPSA) is 92.3 Å². The molecule has 1 aliphatic heterocycles. The fourth-order valence-electron chi connectivity index (χ4n) is 3.09. The Bertz CT molecular complexity index is 978. The second-order valence-electron chi connectivity index (χ2n) is 6.74. The molecule has 3 heterocycles. The molecule has 0 radical (unpaired) electrons. The van der Waals surface area contributed by atoms with E-state index < -0.39 is 0 Å². The smallest absolute Gasteiger partial charge is 0.275 e. The predicted molar refractivity (Wildman–Crippen MR) is 114 cm³/mol. The molecule has 150 valence electrons. The van der Waals surface area contributed by atoms with E-state index in [0.29, 0.717) is 16.8 Å². The SMILES string of the molecule is Cc1cc(C)nc(Nc2nc(C(=O)Nc3ccc(N4CCOCC4)cc3)cs2)n1. The molecule has 0 aliphatic carbocycles. The van der Waals surface area contributed by atoms with Crippen LogP contribution >= 0.6 is 11.3 Å². The van der Waals surface area contributed by atoms with Crippen molar-refractivity contribution in [1.29, 1.82) is 0 Å². The van der Waals surface area contributed by atoms with E-state index in [1.54, 1.807) is 5.38 Å². The number of amides is 1. The molecule has 0 bridgehead atoms. The average molecular weight is 411 g/mol. The highest BCUT2D eigenvalue weighted by molar-refractivity contribution is 7.14. The molecule has 1 saturated heterocycles. The summed E-state index contributed by atoms with van der Waals surface area (Å²) < 4.78 is 5.38. The maximum absolute atomic E-state index is 12.5. The highest BCUT2D eigenvalue weighted by Crippen LogP contribution is 2.22. The zero-order chi connectivity index (χ0) is 20.2. The number of aromatic nitrogens is 3. The Morgan fingerprint density at radius 1 is 1.07 bits per heavy atom. The Morgan fingerprint density at radius 2 is 1.76 bits per heavy atom. The number of carbonyl (C=O) groups excluding carboxylic acids is 1. The number of nitrogens with one attached hydrogen (secondary N) is 2. The number of thiazole rings is 1. The van der Waals surface area contributed by atoms with Crippen molar-refractivity contribution in [3.05, 3.63) is 52.8 Å². The number of benzene rings is 1. The van der Waals surface area contributed by atoms with Gasteiger partial charge in [0.2, 0.25) is 5.95 Å². The summed E-state index contributed by atoms with van der Waals surface area (Å²) in [4.78, 5) is 27.8. The Kier molecular flexibility index (Phi) is 5.68. The first-order chi connectivity index (χ1) is 14.1. The van der Waals surface area contributed by atoms with E-state index in [-0.39, 0.29) is 5.91 Å². The third-order valence-corrected chi connectivity index (χ3v) is 5.20. The number of hydrogen-bond donors (Lipinski definition) is 2. The Morgan fingerprint density at radius 3 is 2.45 bits per heavy atom. The van der Waals surface area contributed by atoms with Gasteiger partial charge in [-0.05, 0) is 44.2 Å². The highest BCUT2D eigenvalue weighted by atomic mass is 32.1. The molecule has 0 saturated carbocycles. The lowest BCUT2D eigenvalue weighted by molar-refractivity contribution is 0.102. The first-order valence-corrected chi connectivity index (χ1v) is 10.2. The van der Waals surface area contributed by atoms with Crippen molar-refractivity contribution in [2.75, 3.05) is 41.8 Å². The van der Waals surface area contributed by atoms with Gasteiger partial charge in [0.05, 0.1) is 13.2 Å². The summed E-state index contributed by atoms with van der Waals surface area (Å²) in [5.41, 5.74) is 3.94. The Balaban J connectivity index is 1.38. The van der Waals surface area contributed by atoms with Gasteiger partial charge < -0.3 is 20.3 Å². The number of rotatable bonds is 5. The van der Waals surface area contributed by atoms with Gasteiger partial charge >= 0.3 is 0 Å². The first kappa shape index (κ1) is 19.3. The van der Waals surface area contributed by atoms with Gasteiger partial charge in [0.1, 0.15) is 5.69 Å². The monoisotopic (exact) mass is 410 g/mol. The van der Waals surface area contributed by atoms with Crippen molar-refractivity contribution in [3.63, 3.8) is 0 Å². The molecule has 1 fully saturated rings. The quantitative estimate of drug-likeness (QED) is 0.666. The fourth-order valence-corrected chi connectivity index (χ4v) is 3.77. The molecule has 2 aromatic heterocycles. The first-order valence-electron chi connectivity index (χ1n) is 9.36. The van der Waals surface area contributed by atoms with Crippen molar-refractivity contribution in [3.8, 4) is 0 Å². The molecule has 0 atom stereocenters. The van der Waals surface area contributed by atoms with E-state index in [0.717, 1.165) is 49.1 Å². The summed E-state index contributed by atoms with van der Waals surface area (Å²) in [5, 5.41) is 8.23. The van der Waals surface area contributed by atoms with Crippen molar-refractivity contribution >= 4 is 39.7 Å². The van der Waals surface area contributed by atoms with Crippen LogP contribution in [0, 0.1) is 13.8 Å². The summed E-state index contributed by atoms with van der Waals surface area (Å²) in [6, 6.07) is 9.71. The van der Waals surface area contributed by atoms with Gasteiger partial charge in [-0.2, -0.15) is 0 Å². The average Bonchev–Trinajstić information content (AvgIpc) is 3.17. The van der Waals surface area contributed by atoms with E-state index in [9.17, 15) is 4.79 Å². The van der Waals surface area contributed by atoms with Crippen molar-refractivity contribution in [2.45, 2.75) is 13.8 Å². The largest absolute Gasteiger partial charge is 0.378 e. The van der Waals surface area contributed by atoms with Gasteiger partial charge in [-0.3, -0.25) is 4.79 Å². The van der Waals surface area contributed by atoms with Gasteiger partial charge in [0, 0.05) is 41.2 Å². The van der Waals surface area contributed by atoms with Crippen LogP contribution in [0.25, 0.3) is 0 Å². The molecule has 1 aliphatic rings. The number of morpholine rings is 1. The van der Waals surface area contributed by atoms with Gasteiger partial charge in [-0.25, -0.2) is 15.0 Å². The van der Waals surface area contributed by atoms with E-state index in [4.69, 9.17) is 4.74 Å². The maximum atomic E-state index is 12.5. The fraction of sp³-hybridized carbons (Fsp3) is 0.300. The van der Waals surface area contributed by atoms with Crippen LogP contribution < -0.4 is 15.5 Å². The molecule has 9 heteroatoms. The van der Waals surface area contributed by atoms with Crippen molar-refractivity contribution in [1.82, 2.24) is 15.0 Å². The number of nitrogens with zero attached hydrogens (tertiary/aromatic N) is 4. The van der Waals surface area contributed by atoms with Crippen LogP contribution in [0.5, 0.6) is 0 Å². The standard InChI is InChI=1S/C20H22N6O2S/c1-13-11-14(2)22-19(21-13)25-20-24-17(12-29-20)18(27)23-15-3-5-16(6-4-15)26-7-9-28-10-8-26/h3-6,11-12H,7-10H2,1-2H3,(H,23,27)(H,21,22,24,25). The minimum Gasteiger partial charge on any atom is -0.378 e. The Labute approximate surface area is 173 Å². The number of aryl methyl sites for hydroxylation is 2. The van der Waals surface area contributed by atoms with Crippen molar-refractivity contribution in [2.24, 2.45) is 0 Å². The van der Waals surface area contributed by atoms with Gasteiger partial charge in [-0.1, -0.05) is 0 Å². The maximum Gasteiger partial charge on any atom is 0.275 e. The number of anilines is 4. The summed E-state index contributed by atoms with van der Waals surface area (Å²) in [5.74, 6) is 0.220. The lowest BCUT2D eigenvalue weighted by Crippen LogP contribution is -2.36. The second kappa shape index (κ2) is 8.54. The van der Waals surface area contributed by atoms with Crippen LogP contribution in [0.1, 0.15) is 21.9 Å². The Hall–Kier alpha value is -3.04. The van der Waals surface area contributed by atoms with Crippen molar-refractivity contribution < 1.29 is 9.53 Å². The molecule has 4 rings (SSSR count). The molecule has 0 spiro atoms. The number of carbonyl (C=O) groups is 1. The van der Waals surface area contributed by atoms with Crippen LogP contribution in [0.2, 0.25) is 0 Å². The zero-order valence-electron chi connectivity index (χ0n) is 16.3. The summed E-state index contributed by atoms with van der Waals surface area (Å²) >= 11 is 1.33. The predicted octanol–water partition coefficient (Wildman–Crippen LogP) is 3.38. The molecule has 29 heavy (non-hydrogen) atoms. The van der Waals surface area contributed by atoms with E-state index in [2.05, 4.69) is 30.5 Å². The molecular weight excluding hydrogens is 388 g/mol. The summed E-state index contributed by atoms with van der Waals surface area (Å²) in [6.45, 7) is 7.06. The lowest BCUT2D eigenvalue weighted by atomic mass is 10.2. The van der Waals surface area contributed by atoms with E-state index in [1.807, 2.05) is 44.2 Å². The molecular formula is C20H22N6O2S. The van der Waals surface area contributed by atoms with Crippen LogP contribution in [0.4, 0.5) is 22.5 Å². The zero-order valence-corrected chi connectivity index (χ0v) is 17.1. The molecule has 1 amide bonds. The van der Waals surface area contributed by atoms with Crippen LogP contribution in [-0.2, 0) is 4.74 Å². The van der Waals surface area contributed by atoms with E-state index >= 15 is 0 Å². The van der Waals surface area contributed by atoms with Crippen LogP contribution in [0.3, 0.4) is 0 Å². The van der Waals surface area contributed by atoms with Crippen LogP contribution in [0.15, 0.2) is 35.7 Å². The summed E-state index contributed by atoms with van der Waals surface area (Å²) in [7, 11) is 0. The molecule has 2 N–H and O–H groups in total. The lowest BCUT2D eigenvalue weighted by Gasteiger charge is -2.28. The number of hydrogen-bond acceptors (Lipinski definition) is 8. The van der Waals surface area contributed by atoms with Gasteiger partial charge in [0.25, 0.3) is 5.91 Å². The third kappa shape index (κ3) is 4.87. The molecule has 1 aromatic carbocycles. The normalized spacial score (nSPS) is 13.9. The third-order valence-electron chi connectivity index (χ3n) is 4.44. The number of ether oxygens (including phenoxy) is 1. The molecule has 0 unspecified atom stereocenters. The van der Waals surface area contributed by atoms with Gasteiger partial charge in [0.15, 0.2) is 5.13 Å². The molecule has 8 nitrogen and oxygen atoms in total. The minimum atomic E-state index is -0.255. The van der Waals surface area contributed by atoms with Gasteiger partial charge in [-0.15, -0.1) is 11.3 Å². The minimum absolute atomic E-state index is 0.255. The second-order valence-corrected chi connectivity index (χ2v) is 7.60. The highest BCUT2D eigenvalue weighted by Gasteiger charge is 2.14. The van der Waals surface area contributed by atoms with E-state index in [1.165, 1.54) is 11.3 Å². The molecule has 3 aromatic rings. The van der Waals surface area contributed by atoms with Crippen LogP contribution in [-0.4, -0.2) is 47.2 Å².